The van der Waals surface area contributed by atoms with Crippen molar-refractivity contribution in [1.29, 1.82) is 0 Å². The van der Waals surface area contributed by atoms with Gasteiger partial charge in [0.25, 0.3) is 5.91 Å². The highest BCUT2D eigenvalue weighted by molar-refractivity contribution is 5.82. The molecule has 0 aliphatic rings. The van der Waals surface area contributed by atoms with E-state index in [1.807, 2.05) is 54.6 Å². The van der Waals surface area contributed by atoms with E-state index in [1.54, 1.807) is 6.21 Å². The summed E-state index contributed by atoms with van der Waals surface area (Å²) in [5.41, 5.74) is 4.60. The van der Waals surface area contributed by atoms with Crippen LogP contribution in [0.4, 0.5) is 0 Å². The highest BCUT2D eigenvalue weighted by Gasteiger charge is 2.03. The van der Waals surface area contributed by atoms with Crippen LogP contribution in [0.25, 0.3) is 0 Å². The average Bonchev–Trinajstić information content (AvgIpc) is 2.54. The molecular formula is C18H20N2O2. The van der Waals surface area contributed by atoms with Gasteiger partial charge in [-0.25, -0.2) is 5.43 Å². The number of nitrogens with zero attached hydrogens (tertiary/aromatic N) is 1. The summed E-state index contributed by atoms with van der Waals surface area (Å²) >= 11 is 0. The van der Waals surface area contributed by atoms with Gasteiger partial charge >= 0.3 is 0 Å². The van der Waals surface area contributed by atoms with Crippen molar-refractivity contribution in [2.45, 2.75) is 19.8 Å². The van der Waals surface area contributed by atoms with Crippen molar-refractivity contribution in [3.63, 3.8) is 0 Å². The highest BCUT2D eigenvalue weighted by atomic mass is 16.5. The number of carbonyl (C=O) groups is 1. The van der Waals surface area contributed by atoms with Gasteiger partial charge in [0.05, 0.1) is 6.21 Å². The summed E-state index contributed by atoms with van der Waals surface area (Å²) in [6.07, 6.45) is 1.59. The molecule has 114 valence electrons. The normalized spacial score (nSPS) is 10.9. The Kier molecular flexibility index (Phi) is 5.72. The van der Waals surface area contributed by atoms with Gasteiger partial charge in [-0.1, -0.05) is 56.3 Å². The Morgan fingerprint density at radius 2 is 1.82 bits per heavy atom. The predicted octanol–water partition coefficient (Wildman–Crippen LogP) is 3.34. The summed E-state index contributed by atoms with van der Waals surface area (Å²) < 4.78 is 5.42. The molecule has 2 aromatic rings. The monoisotopic (exact) mass is 296 g/mol. The number of nitrogens with one attached hydrogen (secondary N) is 1. The molecule has 4 nitrogen and oxygen atoms in total. The molecule has 1 amide bonds. The van der Waals surface area contributed by atoms with Crippen molar-refractivity contribution >= 4 is 12.1 Å². The molecule has 0 heterocycles. The molecule has 0 unspecified atom stereocenters. The Labute approximate surface area is 130 Å². The lowest BCUT2D eigenvalue weighted by atomic mass is 10.0. The Morgan fingerprint density at radius 1 is 1.14 bits per heavy atom. The fourth-order valence-corrected chi connectivity index (χ4v) is 1.85. The van der Waals surface area contributed by atoms with Gasteiger partial charge in [-0.05, 0) is 29.2 Å². The topological polar surface area (TPSA) is 50.7 Å². The molecule has 0 aromatic heterocycles. The molecule has 22 heavy (non-hydrogen) atoms. The first kappa shape index (κ1) is 15.8. The first-order valence-electron chi connectivity index (χ1n) is 7.25. The van der Waals surface area contributed by atoms with Crippen LogP contribution >= 0.6 is 0 Å². The van der Waals surface area contributed by atoms with Gasteiger partial charge in [0.15, 0.2) is 6.61 Å². The number of carbonyl (C=O) groups excluding carboxylic acids is 1. The molecule has 0 bridgehead atoms. The van der Waals surface area contributed by atoms with E-state index >= 15 is 0 Å². The fourth-order valence-electron chi connectivity index (χ4n) is 1.85. The van der Waals surface area contributed by atoms with Gasteiger partial charge in [-0.3, -0.25) is 4.79 Å². The van der Waals surface area contributed by atoms with Crippen LogP contribution in [0.1, 0.15) is 30.9 Å². The number of rotatable bonds is 6. The SMILES string of the molecule is CC(C)c1ccc(OCC(=O)N/N=C\c2ccccc2)cc1. The summed E-state index contributed by atoms with van der Waals surface area (Å²) in [5.74, 6) is 0.858. The minimum Gasteiger partial charge on any atom is -0.484 e. The fraction of sp³-hybridized carbons (Fsp3) is 0.222. The van der Waals surface area contributed by atoms with Gasteiger partial charge in [0.2, 0.25) is 0 Å². The van der Waals surface area contributed by atoms with Crippen LogP contribution in [-0.4, -0.2) is 18.7 Å². The molecule has 1 N–H and O–H groups in total. The minimum absolute atomic E-state index is 0.0623. The van der Waals surface area contributed by atoms with Crippen LogP contribution in [0.2, 0.25) is 0 Å². The Morgan fingerprint density at radius 3 is 2.45 bits per heavy atom. The van der Waals surface area contributed by atoms with Gasteiger partial charge < -0.3 is 4.74 Å². The van der Waals surface area contributed by atoms with Crippen molar-refractivity contribution in [2.75, 3.05) is 6.61 Å². The Bertz CT molecular complexity index is 619. The second-order valence-corrected chi connectivity index (χ2v) is 5.22. The first-order chi connectivity index (χ1) is 10.6. The Hall–Kier alpha value is -2.62. The number of hydrogen-bond acceptors (Lipinski definition) is 3. The molecule has 0 fully saturated rings. The summed E-state index contributed by atoms with van der Waals surface area (Å²) in [6.45, 7) is 4.20. The van der Waals surface area contributed by atoms with E-state index < -0.39 is 0 Å². The maximum absolute atomic E-state index is 11.6. The van der Waals surface area contributed by atoms with E-state index in [4.69, 9.17) is 4.74 Å². The highest BCUT2D eigenvalue weighted by Crippen LogP contribution is 2.18. The number of ether oxygens (including phenoxy) is 1. The Balaban J connectivity index is 1.77. The van der Waals surface area contributed by atoms with E-state index in [0.717, 1.165) is 5.56 Å². The molecule has 2 rings (SSSR count). The zero-order chi connectivity index (χ0) is 15.8. The van der Waals surface area contributed by atoms with Gasteiger partial charge in [0.1, 0.15) is 5.75 Å². The smallest absolute Gasteiger partial charge is 0.277 e. The van der Waals surface area contributed by atoms with Crippen LogP contribution in [0.3, 0.4) is 0 Å². The molecule has 0 saturated heterocycles. The van der Waals surface area contributed by atoms with Crippen LogP contribution < -0.4 is 10.2 Å². The third-order valence-electron chi connectivity index (χ3n) is 3.12. The quantitative estimate of drug-likeness (QED) is 0.656. The van der Waals surface area contributed by atoms with Gasteiger partial charge in [-0.15, -0.1) is 0 Å². The van der Waals surface area contributed by atoms with Gasteiger partial charge in [-0.2, -0.15) is 5.10 Å². The third-order valence-corrected chi connectivity index (χ3v) is 3.12. The summed E-state index contributed by atoms with van der Waals surface area (Å²) in [7, 11) is 0. The number of benzene rings is 2. The van der Waals surface area contributed by atoms with E-state index in [0.29, 0.717) is 11.7 Å². The second kappa shape index (κ2) is 7.98. The molecule has 0 atom stereocenters. The minimum atomic E-state index is -0.292. The first-order valence-corrected chi connectivity index (χ1v) is 7.25. The average molecular weight is 296 g/mol. The molecule has 4 heteroatoms. The summed E-state index contributed by atoms with van der Waals surface area (Å²) in [6, 6.07) is 17.3. The summed E-state index contributed by atoms with van der Waals surface area (Å²) in [4.78, 5) is 11.6. The van der Waals surface area contributed by atoms with Crippen LogP contribution in [-0.2, 0) is 4.79 Å². The van der Waals surface area contributed by atoms with Crippen molar-refractivity contribution < 1.29 is 9.53 Å². The molecule has 0 spiro atoms. The largest absolute Gasteiger partial charge is 0.484 e. The lowest BCUT2D eigenvalue weighted by Gasteiger charge is -2.08. The number of hydrazone groups is 1. The van der Waals surface area contributed by atoms with Crippen molar-refractivity contribution in [2.24, 2.45) is 5.10 Å². The molecule has 2 aromatic carbocycles. The number of hydrogen-bond donors (Lipinski definition) is 1. The third kappa shape index (κ3) is 5.05. The van der Waals surface area contributed by atoms with Crippen molar-refractivity contribution in [3.8, 4) is 5.75 Å². The maximum atomic E-state index is 11.6. The molecular weight excluding hydrogens is 276 g/mol. The molecule has 0 aliphatic heterocycles. The zero-order valence-corrected chi connectivity index (χ0v) is 12.8. The van der Waals surface area contributed by atoms with Gasteiger partial charge in [0, 0.05) is 0 Å². The lowest BCUT2D eigenvalue weighted by Crippen LogP contribution is -2.24. The molecule has 0 radical (unpaired) electrons. The second-order valence-electron chi connectivity index (χ2n) is 5.22. The van der Waals surface area contributed by atoms with E-state index in [-0.39, 0.29) is 12.5 Å². The van der Waals surface area contributed by atoms with Crippen LogP contribution in [0.5, 0.6) is 5.75 Å². The van der Waals surface area contributed by atoms with Crippen molar-refractivity contribution in [3.05, 3.63) is 65.7 Å². The maximum Gasteiger partial charge on any atom is 0.277 e. The molecule has 0 saturated carbocycles. The van der Waals surface area contributed by atoms with Crippen LogP contribution in [0, 0.1) is 0 Å². The van der Waals surface area contributed by atoms with E-state index in [2.05, 4.69) is 24.4 Å². The predicted molar refractivity (Wildman–Crippen MR) is 88.2 cm³/mol. The van der Waals surface area contributed by atoms with E-state index in [1.165, 1.54) is 5.56 Å². The van der Waals surface area contributed by atoms with Crippen molar-refractivity contribution in [1.82, 2.24) is 5.43 Å². The lowest BCUT2D eigenvalue weighted by molar-refractivity contribution is -0.123. The number of amides is 1. The summed E-state index contributed by atoms with van der Waals surface area (Å²) in [5, 5.41) is 3.89. The van der Waals surface area contributed by atoms with E-state index in [9.17, 15) is 4.79 Å². The zero-order valence-electron chi connectivity index (χ0n) is 12.8. The van der Waals surface area contributed by atoms with Crippen LogP contribution in [0.15, 0.2) is 59.7 Å². The molecule has 0 aliphatic carbocycles. The standard InChI is InChI=1S/C18H20N2O2/c1-14(2)16-8-10-17(11-9-16)22-13-18(21)20-19-12-15-6-4-3-5-7-15/h3-12,14H,13H2,1-2H3,(H,20,21)/b19-12-.